The second kappa shape index (κ2) is 14.7. The maximum absolute atomic E-state index is 13.1. The largest absolute Gasteiger partial charge is 0.508 e. The number of aromatic hydroxyl groups is 2. The molecule has 0 unspecified atom stereocenters. The standard InChI is InChI=1S/C34H47NO11/c1-17-20-13-24(46-33(42)29(20)23(38)14-21(17)36)18(2)22(37)15-28-34(3,4)27(39)16-26(45-28)32(44-6)35-31(41)30(40)25(43-5)12-19-10-8-7-9-11-19/h7-11,14,18,22,24-28,30,32,36-40H,12-13,15-16H2,1-6H3,(H,35,41)/t18-,22+,24-,25+,26-,27-,28-,30+,32-/m1/s1. The number of carbonyl (C=O) groups is 2. The molecule has 12 nitrogen and oxygen atoms in total. The zero-order chi connectivity index (χ0) is 33.9. The van der Waals surface area contributed by atoms with Gasteiger partial charge in [-0.25, -0.2) is 4.79 Å². The Labute approximate surface area is 269 Å². The lowest BCUT2D eigenvalue weighted by atomic mass is 9.73. The lowest BCUT2D eigenvalue weighted by Gasteiger charge is -2.48. The fourth-order valence-electron chi connectivity index (χ4n) is 6.31. The summed E-state index contributed by atoms with van der Waals surface area (Å²) < 4.78 is 23.0. The number of hydrogen-bond acceptors (Lipinski definition) is 11. The Bertz CT molecular complexity index is 1370. The number of ether oxygens (including phenoxy) is 4. The molecule has 2 aliphatic heterocycles. The molecule has 1 fully saturated rings. The summed E-state index contributed by atoms with van der Waals surface area (Å²) in [7, 11) is 2.79. The van der Waals surface area contributed by atoms with Gasteiger partial charge in [0.1, 0.15) is 29.3 Å². The molecule has 2 aromatic rings. The third-order valence-corrected chi connectivity index (χ3v) is 9.75. The van der Waals surface area contributed by atoms with Crippen LogP contribution in [0.25, 0.3) is 0 Å². The van der Waals surface area contributed by atoms with Crippen LogP contribution in [0.15, 0.2) is 36.4 Å². The first-order valence-electron chi connectivity index (χ1n) is 15.5. The lowest BCUT2D eigenvalue weighted by Crippen LogP contribution is -2.59. The maximum atomic E-state index is 13.1. The van der Waals surface area contributed by atoms with Gasteiger partial charge in [-0.1, -0.05) is 51.1 Å². The topological polar surface area (TPSA) is 184 Å². The van der Waals surface area contributed by atoms with Crippen LogP contribution in [-0.2, 0) is 36.6 Å². The van der Waals surface area contributed by atoms with E-state index in [4.69, 9.17) is 18.9 Å². The van der Waals surface area contributed by atoms with Gasteiger partial charge in [-0.3, -0.25) is 4.79 Å². The molecule has 2 heterocycles. The van der Waals surface area contributed by atoms with Crippen molar-refractivity contribution in [2.75, 3.05) is 14.2 Å². The first-order chi connectivity index (χ1) is 21.7. The lowest BCUT2D eigenvalue weighted by molar-refractivity contribution is -0.217. The zero-order valence-corrected chi connectivity index (χ0v) is 27.2. The van der Waals surface area contributed by atoms with Crippen LogP contribution in [0.1, 0.15) is 60.7 Å². The molecule has 1 amide bonds. The summed E-state index contributed by atoms with van der Waals surface area (Å²) in [5.74, 6) is -2.56. The molecular formula is C34H47NO11. The first kappa shape index (κ1) is 35.6. The normalized spacial score (nSPS) is 25.8. The number of amides is 1. The van der Waals surface area contributed by atoms with Crippen LogP contribution in [0.2, 0.25) is 0 Å². The van der Waals surface area contributed by atoms with Crippen molar-refractivity contribution in [2.24, 2.45) is 11.3 Å². The number of phenolic OH excluding ortho intramolecular Hbond substituents is 2. The number of hydrogen-bond donors (Lipinski definition) is 6. The van der Waals surface area contributed by atoms with Gasteiger partial charge in [0.2, 0.25) is 0 Å². The van der Waals surface area contributed by atoms with Crippen LogP contribution in [0, 0.1) is 18.3 Å². The second-order valence-electron chi connectivity index (χ2n) is 13.0. The molecule has 2 aliphatic rings. The minimum Gasteiger partial charge on any atom is -0.508 e. The number of methoxy groups -OCH3 is 2. The van der Waals surface area contributed by atoms with Gasteiger partial charge in [-0.05, 0) is 23.6 Å². The van der Waals surface area contributed by atoms with Gasteiger partial charge in [0, 0.05) is 57.3 Å². The highest BCUT2D eigenvalue weighted by Gasteiger charge is 2.48. The minimum absolute atomic E-state index is 0.00519. The van der Waals surface area contributed by atoms with Gasteiger partial charge in [0.05, 0.1) is 24.4 Å². The Balaban J connectivity index is 1.43. The summed E-state index contributed by atoms with van der Waals surface area (Å²) in [4.78, 5) is 25.9. The quantitative estimate of drug-likeness (QED) is 0.147. The molecule has 1 saturated heterocycles. The SMILES string of the molecule is CO[C@@H](Cc1ccccc1)[C@H](O)C(=O)N[C@H](OC)[C@H]1C[C@@H](O)C(C)(C)[C@@H](C[C@H](O)[C@@H](C)[C@H]2Cc3c(C)c(O)cc(O)c3C(=O)O2)O1. The molecule has 0 aromatic heterocycles. The number of benzene rings is 2. The van der Waals surface area contributed by atoms with Crippen molar-refractivity contribution in [3.05, 3.63) is 58.7 Å². The third-order valence-electron chi connectivity index (χ3n) is 9.75. The summed E-state index contributed by atoms with van der Waals surface area (Å²) in [5, 5.41) is 56.4. The molecule has 9 atom stereocenters. The smallest absolute Gasteiger partial charge is 0.342 e. The fraction of sp³-hybridized carbons (Fsp3) is 0.588. The van der Waals surface area contributed by atoms with Crippen LogP contribution in [0.4, 0.5) is 0 Å². The fourth-order valence-corrected chi connectivity index (χ4v) is 6.31. The number of aliphatic hydroxyl groups excluding tert-OH is 3. The van der Waals surface area contributed by atoms with E-state index in [1.165, 1.54) is 14.2 Å². The Hall–Kier alpha value is -3.26. The number of carbonyl (C=O) groups excluding carboxylic acids is 2. The van der Waals surface area contributed by atoms with Gasteiger partial charge in [-0.2, -0.15) is 0 Å². The number of rotatable bonds is 12. The number of nitrogens with one attached hydrogen (secondary N) is 1. The van der Waals surface area contributed by atoms with E-state index in [0.717, 1.165) is 11.6 Å². The van der Waals surface area contributed by atoms with E-state index in [1.807, 2.05) is 44.2 Å². The molecule has 2 aromatic carbocycles. The van der Waals surface area contributed by atoms with E-state index in [-0.39, 0.29) is 36.3 Å². The molecule has 0 saturated carbocycles. The van der Waals surface area contributed by atoms with Crippen LogP contribution in [0.5, 0.6) is 11.5 Å². The number of fused-ring (bicyclic) bond motifs is 1. The molecule has 0 radical (unpaired) electrons. The van der Waals surface area contributed by atoms with Gasteiger partial charge >= 0.3 is 5.97 Å². The first-order valence-corrected chi connectivity index (χ1v) is 15.5. The molecular weight excluding hydrogens is 598 g/mol. The van der Waals surface area contributed by atoms with Gasteiger partial charge < -0.3 is 49.8 Å². The van der Waals surface area contributed by atoms with Crippen molar-refractivity contribution in [3.63, 3.8) is 0 Å². The van der Waals surface area contributed by atoms with E-state index >= 15 is 0 Å². The average Bonchev–Trinajstić information content (AvgIpc) is 3.02. The van der Waals surface area contributed by atoms with Gasteiger partial charge in [0.15, 0.2) is 12.3 Å². The molecule has 4 rings (SSSR count). The molecule has 6 N–H and O–H groups in total. The molecule has 0 bridgehead atoms. The van der Waals surface area contributed by atoms with E-state index in [1.54, 1.807) is 13.8 Å². The predicted octanol–water partition coefficient (Wildman–Crippen LogP) is 2.13. The maximum Gasteiger partial charge on any atom is 0.342 e. The van der Waals surface area contributed by atoms with Crippen molar-refractivity contribution in [3.8, 4) is 11.5 Å². The van der Waals surface area contributed by atoms with E-state index in [0.29, 0.717) is 17.5 Å². The molecule has 0 spiro atoms. The predicted molar refractivity (Wildman–Crippen MR) is 166 cm³/mol. The van der Waals surface area contributed by atoms with E-state index in [9.17, 15) is 35.1 Å². The number of cyclic esters (lactones) is 1. The Kier molecular flexibility index (Phi) is 11.3. The molecule has 46 heavy (non-hydrogen) atoms. The van der Waals surface area contributed by atoms with Crippen LogP contribution >= 0.6 is 0 Å². The highest BCUT2D eigenvalue weighted by Crippen LogP contribution is 2.42. The summed E-state index contributed by atoms with van der Waals surface area (Å²) >= 11 is 0. The molecule has 254 valence electrons. The van der Waals surface area contributed by atoms with Crippen molar-refractivity contribution in [2.45, 2.75) is 102 Å². The summed E-state index contributed by atoms with van der Waals surface area (Å²) in [6.45, 7) is 7.01. The highest BCUT2D eigenvalue weighted by molar-refractivity contribution is 5.96. The average molecular weight is 646 g/mol. The minimum atomic E-state index is -1.51. The van der Waals surface area contributed by atoms with Crippen LogP contribution in [-0.4, -0.2) is 101 Å². The van der Waals surface area contributed by atoms with Gasteiger partial charge in [0.25, 0.3) is 5.91 Å². The Morgan fingerprint density at radius 2 is 1.76 bits per heavy atom. The second-order valence-corrected chi connectivity index (χ2v) is 13.0. The Morgan fingerprint density at radius 3 is 2.39 bits per heavy atom. The third kappa shape index (κ3) is 7.48. The van der Waals surface area contributed by atoms with Crippen LogP contribution < -0.4 is 5.32 Å². The molecule has 12 heteroatoms. The monoisotopic (exact) mass is 645 g/mol. The van der Waals surface area contributed by atoms with Crippen LogP contribution in [0.3, 0.4) is 0 Å². The Morgan fingerprint density at radius 1 is 1.09 bits per heavy atom. The van der Waals surface area contributed by atoms with E-state index in [2.05, 4.69) is 5.32 Å². The van der Waals surface area contributed by atoms with Crippen molar-refractivity contribution >= 4 is 11.9 Å². The van der Waals surface area contributed by atoms with Crippen molar-refractivity contribution < 1.29 is 54.1 Å². The summed E-state index contributed by atoms with van der Waals surface area (Å²) in [6, 6.07) is 10.4. The number of aliphatic hydroxyl groups is 3. The van der Waals surface area contributed by atoms with Gasteiger partial charge in [-0.15, -0.1) is 0 Å². The highest BCUT2D eigenvalue weighted by atomic mass is 16.6. The van der Waals surface area contributed by atoms with E-state index < -0.39 is 72.2 Å². The summed E-state index contributed by atoms with van der Waals surface area (Å²) in [6.07, 6.45) is -6.91. The molecule has 0 aliphatic carbocycles. The zero-order valence-electron chi connectivity index (χ0n) is 27.2. The summed E-state index contributed by atoms with van der Waals surface area (Å²) in [5.41, 5.74) is 1.00. The van der Waals surface area contributed by atoms with Crippen molar-refractivity contribution in [1.29, 1.82) is 0 Å². The number of phenols is 2. The van der Waals surface area contributed by atoms with Crippen molar-refractivity contribution in [1.82, 2.24) is 5.32 Å². The number of esters is 1.